The van der Waals surface area contributed by atoms with E-state index in [9.17, 15) is 21.6 Å². The maximum atomic E-state index is 12.3. The fraction of sp³-hybridized carbons (Fsp3) is 0.455. The number of alkyl halides is 3. The first-order valence-electron chi connectivity index (χ1n) is 5.28. The number of halogens is 3. The zero-order chi connectivity index (χ0) is 13.8. The topological polar surface area (TPSA) is 43.4 Å². The van der Waals surface area contributed by atoms with Gasteiger partial charge in [-0.2, -0.15) is 21.6 Å². The predicted octanol–water partition coefficient (Wildman–Crippen LogP) is 2.96. The molecule has 102 valence electrons. The molecule has 1 aromatic carbocycles. The van der Waals surface area contributed by atoms with Crippen molar-refractivity contribution in [2.75, 3.05) is 6.61 Å². The summed E-state index contributed by atoms with van der Waals surface area (Å²) < 4.78 is 64.3. The first-order chi connectivity index (χ1) is 8.24. The maximum Gasteiger partial charge on any atom is 0.416 e. The van der Waals surface area contributed by atoms with E-state index in [0.29, 0.717) is 6.42 Å². The van der Waals surface area contributed by atoms with Gasteiger partial charge >= 0.3 is 6.18 Å². The highest BCUT2D eigenvalue weighted by molar-refractivity contribution is 7.85. The number of hydrogen-bond donors (Lipinski definition) is 0. The third kappa shape index (κ3) is 4.66. The summed E-state index contributed by atoms with van der Waals surface area (Å²) in [6, 6.07) is 3.97. The summed E-state index contributed by atoms with van der Waals surface area (Å²) in [6.45, 7) is 1.83. The molecule has 0 unspecified atom stereocenters. The van der Waals surface area contributed by atoms with Crippen molar-refractivity contribution in [1.82, 2.24) is 0 Å². The van der Waals surface area contributed by atoms with Crippen LogP contribution >= 0.6 is 0 Å². The summed E-state index contributed by atoms with van der Waals surface area (Å²) in [4.78, 5) is 0. The molecule has 18 heavy (non-hydrogen) atoms. The molecule has 1 rings (SSSR count). The van der Waals surface area contributed by atoms with Gasteiger partial charge in [-0.3, -0.25) is 4.18 Å². The molecule has 0 amide bonds. The summed E-state index contributed by atoms with van der Waals surface area (Å²) in [7, 11) is -3.73. The molecular formula is C11H13F3O3S. The van der Waals surface area contributed by atoms with Crippen molar-refractivity contribution in [2.24, 2.45) is 0 Å². The van der Waals surface area contributed by atoms with Gasteiger partial charge in [-0.05, 0) is 24.1 Å². The molecule has 0 aliphatic heterocycles. The van der Waals surface area contributed by atoms with Crippen molar-refractivity contribution in [2.45, 2.75) is 25.3 Å². The van der Waals surface area contributed by atoms with Crippen molar-refractivity contribution in [3.05, 3.63) is 35.4 Å². The second kappa shape index (κ2) is 5.71. The Morgan fingerprint density at radius 3 is 2.17 bits per heavy atom. The molecule has 3 nitrogen and oxygen atoms in total. The van der Waals surface area contributed by atoms with E-state index in [4.69, 9.17) is 0 Å². The largest absolute Gasteiger partial charge is 0.416 e. The lowest BCUT2D eigenvalue weighted by Crippen LogP contribution is -2.10. The Hall–Kier alpha value is -1.08. The van der Waals surface area contributed by atoms with Crippen molar-refractivity contribution in [3.8, 4) is 0 Å². The minimum absolute atomic E-state index is 0.0724. The van der Waals surface area contributed by atoms with Crippen molar-refractivity contribution in [1.29, 1.82) is 0 Å². The van der Waals surface area contributed by atoms with E-state index in [1.165, 1.54) is 0 Å². The van der Waals surface area contributed by atoms with Crippen LogP contribution in [-0.4, -0.2) is 15.0 Å². The van der Waals surface area contributed by atoms with E-state index in [2.05, 4.69) is 4.18 Å². The van der Waals surface area contributed by atoms with Crippen LogP contribution in [0.5, 0.6) is 0 Å². The fourth-order valence-corrected chi connectivity index (χ4v) is 2.35. The lowest BCUT2D eigenvalue weighted by atomic mass is 10.1. The second-order valence-corrected chi connectivity index (χ2v) is 5.36. The van der Waals surface area contributed by atoms with E-state index < -0.39 is 27.6 Å². The molecule has 0 heterocycles. The van der Waals surface area contributed by atoms with Crippen LogP contribution in [0.25, 0.3) is 0 Å². The standard InChI is InChI=1S/C11H13F3O3S/c1-2-7-17-18(15,16)8-9-3-5-10(6-4-9)11(12,13)14/h3-6H,2,7-8H2,1H3. The molecule has 0 saturated heterocycles. The minimum Gasteiger partial charge on any atom is -0.270 e. The van der Waals surface area contributed by atoms with Gasteiger partial charge in [0.05, 0.1) is 12.2 Å². The molecule has 7 heteroatoms. The molecule has 0 fully saturated rings. The Morgan fingerprint density at radius 2 is 1.72 bits per heavy atom. The zero-order valence-corrected chi connectivity index (χ0v) is 10.5. The first-order valence-corrected chi connectivity index (χ1v) is 6.85. The van der Waals surface area contributed by atoms with Crippen LogP contribution in [0.15, 0.2) is 24.3 Å². The molecule has 0 bridgehead atoms. The third-order valence-corrected chi connectivity index (χ3v) is 3.30. The van der Waals surface area contributed by atoms with Gasteiger partial charge in [0, 0.05) is 0 Å². The number of rotatable bonds is 5. The van der Waals surface area contributed by atoms with Crippen LogP contribution in [0.4, 0.5) is 13.2 Å². The summed E-state index contributed by atoms with van der Waals surface area (Å²) in [5.74, 6) is -0.425. The Kier molecular flexibility index (Phi) is 4.75. The van der Waals surface area contributed by atoms with E-state index in [0.717, 1.165) is 24.3 Å². The molecule has 0 atom stereocenters. The molecule has 0 spiro atoms. The third-order valence-electron chi connectivity index (χ3n) is 2.09. The molecular weight excluding hydrogens is 269 g/mol. The van der Waals surface area contributed by atoms with Gasteiger partial charge in [0.25, 0.3) is 10.1 Å². The molecule has 0 N–H and O–H groups in total. The molecule has 0 aromatic heterocycles. The smallest absolute Gasteiger partial charge is 0.270 e. The van der Waals surface area contributed by atoms with Gasteiger partial charge in [0.2, 0.25) is 0 Å². The normalized spacial score (nSPS) is 12.7. The van der Waals surface area contributed by atoms with E-state index in [-0.39, 0.29) is 12.2 Å². The Labute approximate surface area is 104 Å². The van der Waals surface area contributed by atoms with Crippen molar-refractivity contribution in [3.63, 3.8) is 0 Å². The monoisotopic (exact) mass is 282 g/mol. The summed E-state index contributed by atoms with van der Waals surface area (Å²) >= 11 is 0. The molecule has 0 aliphatic rings. The van der Waals surface area contributed by atoms with Gasteiger partial charge in [0.15, 0.2) is 0 Å². The quantitative estimate of drug-likeness (QED) is 0.780. The highest BCUT2D eigenvalue weighted by Crippen LogP contribution is 2.29. The van der Waals surface area contributed by atoms with Gasteiger partial charge in [-0.1, -0.05) is 19.1 Å². The van der Waals surface area contributed by atoms with Gasteiger partial charge in [-0.25, -0.2) is 0 Å². The van der Waals surface area contributed by atoms with Crippen LogP contribution in [-0.2, 0) is 26.2 Å². The van der Waals surface area contributed by atoms with Crippen LogP contribution < -0.4 is 0 Å². The van der Waals surface area contributed by atoms with Crippen LogP contribution in [0.2, 0.25) is 0 Å². The lowest BCUT2D eigenvalue weighted by molar-refractivity contribution is -0.137. The van der Waals surface area contributed by atoms with E-state index >= 15 is 0 Å². The predicted molar refractivity (Wildman–Crippen MR) is 60.3 cm³/mol. The highest BCUT2D eigenvalue weighted by Gasteiger charge is 2.30. The average Bonchev–Trinajstić information content (AvgIpc) is 2.25. The van der Waals surface area contributed by atoms with Gasteiger partial charge in [-0.15, -0.1) is 0 Å². The SMILES string of the molecule is CCCOS(=O)(=O)Cc1ccc(C(F)(F)F)cc1. The van der Waals surface area contributed by atoms with E-state index in [1.54, 1.807) is 6.92 Å². The first kappa shape index (κ1) is 15.0. The second-order valence-electron chi connectivity index (χ2n) is 3.72. The van der Waals surface area contributed by atoms with Crippen molar-refractivity contribution >= 4 is 10.1 Å². The van der Waals surface area contributed by atoms with Gasteiger partial charge in [0.1, 0.15) is 5.75 Å². The van der Waals surface area contributed by atoms with Crippen LogP contribution in [0.1, 0.15) is 24.5 Å². The van der Waals surface area contributed by atoms with Crippen LogP contribution in [0.3, 0.4) is 0 Å². The van der Waals surface area contributed by atoms with Gasteiger partial charge < -0.3 is 0 Å². The average molecular weight is 282 g/mol. The molecule has 0 radical (unpaired) electrons. The summed E-state index contributed by atoms with van der Waals surface area (Å²) in [5, 5.41) is 0. The zero-order valence-electron chi connectivity index (χ0n) is 9.70. The Bertz CT molecular complexity index is 477. The number of benzene rings is 1. The minimum atomic E-state index is -4.42. The molecule has 1 aromatic rings. The molecule has 0 aliphatic carbocycles. The van der Waals surface area contributed by atoms with E-state index in [1.807, 2.05) is 0 Å². The Morgan fingerprint density at radius 1 is 1.17 bits per heavy atom. The van der Waals surface area contributed by atoms with Crippen molar-refractivity contribution < 1.29 is 25.8 Å². The maximum absolute atomic E-state index is 12.3. The highest BCUT2D eigenvalue weighted by atomic mass is 32.2. The van der Waals surface area contributed by atoms with Crippen LogP contribution in [0, 0.1) is 0 Å². The lowest BCUT2D eigenvalue weighted by Gasteiger charge is -2.08. The summed E-state index contributed by atoms with van der Waals surface area (Å²) in [5.41, 5.74) is -0.544. The Balaban J connectivity index is 2.75. The fourth-order valence-electron chi connectivity index (χ4n) is 1.25. The number of hydrogen-bond acceptors (Lipinski definition) is 3. The molecule has 0 saturated carbocycles. The summed E-state index contributed by atoms with van der Waals surface area (Å²) in [6.07, 6.45) is -3.87.